The molecule has 0 aliphatic heterocycles. The molecular formula is C13H15N3O3S. The summed E-state index contributed by atoms with van der Waals surface area (Å²) in [4.78, 5) is 15.1. The number of para-hydroxylation sites is 1. The van der Waals surface area contributed by atoms with Crippen LogP contribution in [0.3, 0.4) is 0 Å². The van der Waals surface area contributed by atoms with Crippen molar-refractivity contribution in [1.82, 2.24) is 15.2 Å². The van der Waals surface area contributed by atoms with Crippen molar-refractivity contribution in [3.63, 3.8) is 0 Å². The maximum absolute atomic E-state index is 10.9. The molecule has 2 aromatic rings. The van der Waals surface area contributed by atoms with Crippen LogP contribution in [-0.2, 0) is 11.4 Å². The van der Waals surface area contributed by atoms with Gasteiger partial charge < -0.3 is 9.84 Å². The Balaban J connectivity index is 1.90. The molecule has 106 valence electrons. The highest BCUT2D eigenvalue weighted by molar-refractivity contribution is 8.00. The molecule has 1 atom stereocenters. The molecule has 7 heteroatoms. The Morgan fingerprint density at radius 1 is 1.45 bits per heavy atom. The molecule has 0 saturated carbocycles. The summed E-state index contributed by atoms with van der Waals surface area (Å²) in [7, 11) is 0. The second-order valence-corrected chi connectivity index (χ2v) is 5.19. The Kier molecular flexibility index (Phi) is 5.00. The number of nitrogens with one attached hydrogen (secondary N) is 1. The number of nitrogens with zero attached hydrogens (tertiary/aromatic N) is 2. The van der Waals surface area contributed by atoms with Crippen LogP contribution in [0.2, 0.25) is 0 Å². The van der Waals surface area contributed by atoms with E-state index < -0.39 is 11.2 Å². The standard InChI is InChI=1S/C13H15N3O3S/c1-2-10(12(17)18)20-13-14-11(15-16-13)8-19-9-6-4-3-5-7-9/h3-7,10H,2,8H2,1H3,(H,17,18)(H,14,15,16). The molecule has 1 heterocycles. The van der Waals surface area contributed by atoms with Gasteiger partial charge in [0.1, 0.15) is 17.6 Å². The van der Waals surface area contributed by atoms with Gasteiger partial charge in [0.05, 0.1) is 0 Å². The molecule has 0 radical (unpaired) electrons. The van der Waals surface area contributed by atoms with Gasteiger partial charge in [-0.25, -0.2) is 4.98 Å². The van der Waals surface area contributed by atoms with Crippen molar-refractivity contribution < 1.29 is 14.6 Å². The number of carboxylic acid groups (broad SMARTS) is 1. The van der Waals surface area contributed by atoms with Crippen molar-refractivity contribution in [2.45, 2.75) is 30.4 Å². The van der Waals surface area contributed by atoms with Crippen molar-refractivity contribution in [3.8, 4) is 5.75 Å². The van der Waals surface area contributed by atoms with Gasteiger partial charge in [-0.05, 0) is 18.6 Å². The van der Waals surface area contributed by atoms with E-state index >= 15 is 0 Å². The monoisotopic (exact) mass is 293 g/mol. The molecule has 0 aliphatic rings. The molecule has 1 aromatic heterocycles. The molecule has 20 heavy (non-hydrogen) atoms. The first-order valence-corrected chi connectivity index (χ1v) is 7.05. The van der Waals surface area contributed by atoms with Crippen LogP contribution in [0.15, 0.2) is 35.5 Å². The molecular weight excluding hydrogens is 278 g/mol. The second kappa shape index (κ2) is 6.95. The number of aromatic nitrogens is 3. The number of rotatable bonds is 7. The van der Waals surface area contributed by atoms with Gasteiger partial charge in [0.25, 0.3) is 0 Å². The minimum atomic E-state index is -0.857. The molecule has 1 aromatic carbocycles. The van der Waals surface area contributed by atoms with Gasteiger partial charge in [-0.15, -0.1) is 5.10 Å². The third kappa shape index (κ3) is 3.99. The Bertz CT molecular complexity index is 559. The topological polar surface area (TPSA) is 88.1 Å². The van der Waals surface area contributed by atoms with E-state index in [1.54, 1.807) is 0 Å². The maximum atomic E-state index is 10.9. The van der Waals surface area contributed by atoms with Gasteiger partial charge in [-0.1, -0.05) is 36.9 Å². The fourth-order valence-electron chi connectivity index (χ4n) is 1.50. The largest absolute Gasteiger partial charge is 0.486 e. The summed E-state index contributed by atoms with van der Waals surface area (Å²) in [5, 5.41) is 15.6. The molecule has 0 amide bonds. The van der Waals surface area contributed by atoms with E-state index in [9.17, 15) is 4.79 Å². The third-order valence-corrected chi connectivity index (χ3v) is 3.74. The first kappa shape index (κ1) is 14.4. The van der Waals surface area contributed by atoms with Crippen LogP contribution in [-0.4, -0.2) is 31.5 Å². The van der Waals surface area contributed by atoms with Crippen LogP contribution >= 0.6 is 11.8 Å². The summed E-state index contributed by atoms with van der Waals surface area (Å²) in [6, 6.07) is 9.38. The Hall–Kier alpha value is -2.02. The average Bonchev–Trinajstić information content (AvgIpc) is 2.91. The number of carboxylic acids is 1. The highest BCUT2D eigenvalue weighted by Gasteiger charge is 2.19. The number of aliphatic carboxylic acids is 1. The second-order valence-electron chi connectivity index (χ2n) is 4.02. The molecule has 0 fully saturated rings. The normalized spacial score (nSPS) is 12.1. The highest BCUT2D eigenvalue weighted by Crippen LogP contribution is 2.22. The van der Waals surface area contributed by atoms with Crippen molar-refractivity contribution in [1.29, 1.82) is 0 Å². The Morgan fingerprint density at radius 3 is 2.85 bits per heavy atom. The van der Waals surface area contributed by atoms with Crippen LogP contribution in [0.1, 0.15) is 19.2 Å². The van der Waals surface area contributed by atoms with Gasteiger partial charge in [0.15, 0.2) is 5.82 Å². The predicted molar refractivity (Wildman–Crippen MR) is 74.7 cm³/mol. The van der Waals surface area contributed by atoms with E-state index in [1.807, 2.05) is 37.3 Å². The van der Waals surface area contributed by atoms with Gasteiger partial charge in [-0.2, -0.15) is 0 Å². The first-order valence-electron chi connectivity index (χ1n) is 6.17. The van der Waals surface area contributed by atoms with E-state index in [4.69, 9.17) is 9.84 Å². The SMILES string of the molecule is CCC(Sc1n[nH]c(COc2ccccc2)n1)C(=O)O. The number of aromatic amines is 1. The summed E-state index contributed by atoms with van der Waals surface area (Å²) in [5.74, 6) is 0.455. The van der Waals surface area contributed by atoms with Crippen molar-refractivity contribution >= 4 is 17.7 Å². The van der Waals surface area contributed by atoms with Gasteiger partial charge in [-0.3, -0.25) is 9.89 Å². The lowest BCUT2D eigenvalue weighted by Gasteiger charge is -2.05. The van der Waals surface area contributed by atoms with Crippen LogP contribution in [0.5, 0.6) is 5.75 Å². The molecule has 0 aliphatic carbocycles. The number of thioether (sulfide) groups is 1. The minimum Gasteiger partial charge on any atom is -0.486 e. The van der Waals surface area contributed by atoms with Crippen LogP contribution in [0.25, 0.3) is 0 Å². The highest BCUT2D eigenvalue weighted by atomic mass is 32.2. The first-order chi connectivity index (χ1) is 9.69. The number of hydrogen-bond donors (Lipinski definition) is 2. The lowest BCUT2D eigenvalue weighted by atomic mass is 10.3. The lowest BCUT2D eigenvalue weighted by molar-refractivity contribution is -0.136. The lowest BCUT2D eigenvalue weighted by Crippen LogP contribution is -2.14. The van der Waals surface area contributed by atoms with Crippen LogP contribution in [0.4, 0.5) is 0 Å². The molecule has 1 unspecified atom stereocenters. The molecule has 0 saturated heterocycles. The summed E-state index contributed by atoms with van der Waals surface area (Å²) in [6.45, 7) is 2.08. The van der Waals surface area contributed by atoms with Crippen molar-refractivity contribution in [3.05, 3.63) is 36.2 Å². The zero-order chi connectivity index (χ0) is 14.4. The predicted octanol–water partition coefficient (Wildman–Crippen LogP) is 2.34. The number of benzene rings is 1. The van der Waals surface area contributed by atoms with E-state index in [0.29, 0.717) is 17.4 Å². The van der Waals surface area contributed by atoms with Crippen LogP contribution in [0, 0.1) is 0 Å². The average molecular weight is 293 g/mol. The van der Waals surface area contributed by atoms with Crippen molar-refractivity contribution in [2.75, 3.05) is 0 Å². The molecule has 6 nitrogen and oxygen atoms in total. The number of H-pyrrole nitrogens is 1. The van der Waals surface area contributed by atoms with Gasteiger partial charge >= 0.3 is 5.97 Å². The van der Waals surface area contributed by atoms with Crippen molar-refractivity contribution in [2.24, 2.45) is 0 Å². The molecule has 0 bridgehead atoms. The molecule has 0 spiro atoms. The summed E-state index contributed by atoms with van der Waals surface area (Å²) < 4.78 is 5.52. The third-order valence-electron chi connectivity index (χ3n) is 2.52. The quantitative estimate of drug-likeness (QED) is 0.762. The minimum absolute atomic E-state index is 0.265. The maximum Gasteiger partial charge on any atom is 0.317 e. The fraction of sp³-hybridized carbons (Fsp3) is 0.308. The van der Waals surface area contributed by atoms with Gasteiger partial charge in [0.2, 0.25) is 5.16 Å². The number of hydrogen-bond acceptors (Lipinski definition) is 5. The van der Waals surface area contributed by atoms with E-state index in [1.165, 1.54) is 0 Å². The fourth-order valence-corrected chi connectivity index (χ4v) is 2.28. The van der Waals surface area contributed by atoms with E-state index in [-0.39, 0.29) is 6.61 Å². The molecule has 2 N–H and O–H groups in total. The number of ether oxygens (including phenoxy) is 1. The Labute approximate surface area is 120 Å². The smallest absolute Gasteiger partial charge is 0.317 e. The van der Waals surface area contributed by atoms with Crippen LogP contribution < -0.4 is 4.74 Å². The van der Waals surface area contributed by atoms with E-state index in [2.05, 4.69) is 15.2 Å². The summed E-state index contributed by atoms with van der Waals surface area (Å²) in [5.41, 5.74) is 0. The van der Waals surface area contributed by atoms with Gasteiger partial charge in [0, 0.05) is 0 Å². The van der Waals surface area contributed by atoms with E-state index in [0.717, 1.165) is 17.5 Å². The molecule has 2 rings (SSSR count). The summed E-state index contributed by atoms with van der Waals surface area (Å²) >= 11 is 1.13. The summed E-state index contributed by atoms with van der Waals surface area (Å²) in [6.07, 6.45) is 0.518. The number of carbonyl (C=O) groups is 1. The Morgan fingerprint density at radius 2 is 2.20 bits per heavy atom. The zero-order valence-electron chi connectivity index (χ0n) is 10.9. The zero-order valence-corrected chi connectivity index (χ0v) is 11.8.